The number of Topliss-reactive ketones (excluding diaryl/α,β-unsaturated/α-hetero) is 1. The number of hydrogen-bond donors (Lipinski definition) is 2. The van der Waals surface area contributed by atoms with Crippen LogP contribution in [0.2, 0.25) is 0 Å². The summed E-state index contributed by atoms with van der Waals surface area (Å²) in [5.41, 5.74) is -0.308. The first-order valence-electron chi connectivity index (χ1n) is 4.30. The van der Waals surface area contributed by atoms with Gasteiger partial charge in [0, 0.05) is 18.1 Å². The van der Waals surface area contributed by atoms with Crippen molar-refractivity contribution in [3.05, 3.63) is 35.4 Å². The molecule has 0 heterocycles. The Morgan fingerprint density at radius 1 is 1.19 bits per heavy atom. The van der Waals surface area contributed by atoms with E-state index in [0.717, 1.165) is 12.1 Å². The molecule has 0 bridgehead atoms. The molecule has 0 saturated heterocycles. The standard InChI is InChI=1S/C10H8F2O4/c11-6-1-5(2-7(12)3-6)8(13)4-9(14)10(15)16/h1-3,9,14H,4H2,(H,15,16). The highest BCUT2D eigenvalue weighted by atomic mass is 19.1. The largest absolute Gasteiger partial charge is 0.479 e. The van der Waals surface area contributed by atoms with E-state index in [1.54, 1.807) is 0 Å². The molecular weight excluding hydrogens is 222 g/mol. The Labute approximate surface area is 89.1 Å². The number of aliphatic hydroxyl groups is 1. The van der Waals surface area contributed by atoms with Crippen molar-refractivity contribution in [1.82, 2.24) is 0 Å². The Hall–Kier alpha value is -1.82. The molecule has 86 valence electrons. The SMILES string of the molecule is O=C(CC(O)C(=O)O)c1cc(F)cc(F)c1. The number of carboxylic acids is 1. The van der Waals surface area contributed by atoms with E-state index >= 15 is 0 Å². The summed E-state index contributed by atoms with van der Waals surface area (Å²) >= 11 is 0. The summed E-state index contributed by atoms with van der Waals surface area (Å²) in [6.45, 7) is 0. The molecule has 6 heteroatoms. The van der Waals surface area contributed by atoms with Gasteiger partial charge in [-0.05, 0) is 12.1 Å². The third kappa shape index (κ3) is 3.09. The van der Waals surface area contributed by atoms with Gasteiger partial charge in [0.25, 0.3) is 0 Å². The summed E-state index contributed by atoms with van der Waals surface area (Å²) in [6.07, 6.45) is -2.60. The van der Waals surface area contributed by atoms with Crippen LogP contribution in [0, 0.1) is 11.6 Å². The minimum Gasteiger partial charge on any atom is -0.479 e. The molecule has 16 heavy (non-hydrogen) atoms. The summed E-state index contributed by atoms with van der Waals surface area (Å²) in [6, 6.07) is 2.14. The van der Waals surface area contributed by atoms with Crippen LogP contribution in [0.15, 0.2) is 18.2 Å². The number of hydrogen-bond acceptors (Lipinski definition) is 3. The van der Waals surface area contributed by atoms with Crippen LogP contribution in [-0.4, -0.2) is 28.1 Å². The molecule has 0 aliphatic carbocycles. The normalized spacial score (nSPS) is 12.2. The summed E-state index contributed by atoms with van der Waals surface area (Å²) in [4.78, 5) is 21.6. The molecule has 0 aromatic heterocycles. The van der Waals surface area contributed by atoms with Gasteiger partial charge in [0.1, 0.15) is 11.6 Å². The maximum absolute atomic E-state index is 12.7. The second-order valence-corrected chi connectivity index (χ2v) is 3.14. The summed E-state index contributed by atoms with van der Waals surface area (Å²) in [5.74, 6) is -4.28. The van der Waals surface area contributed by atoms with Crippen LogP contribution in [-0.2, 0) is 4.79 Å². The topological polar surface area (TPSA) is 74.6 Å². The van der Waals surface area contributed by atoms with E-state index in [1.165, 1.54) is 0 Å². The van der Waals surface area contributed by atoms with E-state index in [-0.39, 0.29) is 5.56 Å². The first kappa shape index (κ1) is 12.3. The number of aliphatic carboxylic acids is 1. The fraction of sp³-hybridized carbons (Fsp3) is 0.200. The van der Waals surface area contributed by atoms with Crippen LogP contribution in [0.3, 0.4) is 0 Å². The number of carboxylic acid groups (broad SMARTS) is 1. The molecule has 0 amide bonds. The number of benzene rings is 1. The van der Waals surface area contributed by atoms with Gasteiger partial charge in [0.15, 0.2) is 11.9 Å². The lowest BCUT2D eigenvalue weighted by molar-refractivity contribution is -0.146. The monoisotopic (exact) mass is 230 g/mol. The van der Waals surface area contributed by atoms with Gasteiger partial charge >= 0.3 is 5.97 Å². The first-order valence-corrected chi connectivity index (χ1v) is 4.30. The van der Waals surface area contributed by atoms with Crippen LogP contribution in [0.1, 0.15) is 16.8 Å². The zero-order chi connectivity index (χ0) is 12.3. The molecule has 1 aromatic rings. The van der Waals surface area contributed by atoms with Crippen molar-refractivity contribution in [3.8, 4) is 0 Å². The molecule has 4 nitrogen and oxygen atoms in total. The zero-order valence-corrected chi connectivity index (χ0v) is 7.98. The third-order valence-corrected chi connectivity index (χ3v) is 1.85. The molecule has 0 spiro atoms. The van der Waals surface area contributed by atoms with E-state index in [9.17, 15) is 18.4 Å². The summed E-state index contributed by atoms with van der Waals surface area (Å²) in [5, 5.41) is 17.2. The quantitative estimate of drug-likeness (QED) is 0.756. The van der Waals surface area contributed by atoms with Crippen molar-refractivity contribution >= 4 is 11.8 Å². The lowest BCUT2D eigenvalue weighted by atomic mass is 10.1. The van der Waals surface area contributed by atoms with Crippen LogP contribution in [0.4, 0.5) is 8.78 Å². The van der Waals surface area contributed by atoms with Crippen LogP contribution >= 0.6 is 0 Å². The number of ketones is 1. The molecule has 1 unspecified atom stereocenters. The van der Waals surface area contributed by atoms with Crippen LogP contribution in [0.5, 0.6) is 0 Å². The molecule has 1 aromatic carbocycles. The summed E-state index contributed by atoms with van der Waals surface area (Å²) in [7, 11) is 0. The van der Waals surface area contributed by atoms with Crippen LogP contribution < -0.4 is 0 Å². The van der Waals surface area contributed by atoms with Gasteiger partial charge in [-0.2, -0.15) is 0 Å². The number of aliphatic hydroxyl groups excluding tert-OH is 1. The lowest BCUT2D eigenvalue weighted by Gasteiger charge is -2.04. The first-order chi connectivity index (χ1) is 7.40. The van der Waals surface area contributed by atoms with Gasteiger partial charge in [0.05, 0.1) is 0 Å². The van der Waals surface area contributed by atoms with E-state index in [2.05, 4.69) is 0 Å². The van der Waals surface area contributed by atoms with Crippen molar-refractivity contribution in [2.45, 2.75) is 12.5 Å². The van der Waals surface area contributed by atoms with Crippen LogP contribution in [0.25, 0.3) is 0 Å². The zero-order valence-electron chi connectivity index (χ0n) is 7.98. The molecule has 0 aliphatic rings. The molecule has 2 N–H and O–H groups in total. The molecule has 1 atom stereocenters. The Balaban J connectivity index is 2.84. The Morgan fingerprint density at radius 2 is 1.69 bits per heavy atom. The summed E-state index contributed by atoms with van der Waals surface area (Å²) < 4.78 is 25.4. The predicted octanol–water partition coefficient (Wildman–Crippen LogP) is 0.983. The van der Waals surface area contributed by atoms with E-state index in [0.29, 0.717) is 6.07 Å². The van der Waals surface area contributed by atoms with E-state index in [1.807, 2.05) is 0 Å². The average Bonchev–Trinajstić information content (AvgIpc) is 2.15. The molecule has 1 rings (SSSR count). The molecule has 0 saturated carbocycles. The van der Waals surface area contributed by atoms with Gasteiger partial charge < -0.3 is 10.2 Å². The average molecular weight is 230 g/mol. The smallest absolute Gasteiger partial charge is 0.332 e. The Kier molecular flexibility index (Phi) is 3.68. The van der Waals surface area contributed by atoms with Gasteiger partial charge in [0.2, 0.25) is 0 Å². The second-order valence-electron chi connectivity index (χ2n) is 3.14. The fourth-order valence-electron chi connectivity index (χ4n) is 1.10. The van der Waals surface area contributed by atoms with Crippen molar-refractivity contribution in [2.75, 3.05) is 0 Å². The van der Waals surface area contributed by atoms with Crippen molar-refractivity contribution in [2.24, 2.45) is 0 Å². The third-order valence-electron chi connectivity index (χ3n) is 1.85. The predicted molar refractivity (Wildman–Crippen MR) is 48.9 cm³/mol. The number of carbonyl (C=O) groups excluding carboxylic acids is 1. The van der Waals surface area contributed by atoms with Gasteiger partial charge in [-0.1, -0.05) is 0 Å². The van der Waals surface area contributed by atoms with Gasteiger partial charge in [-0.15, -0.1) is 0 Å². The highest BCUT2D eigenvalue weighted by Crippen LogP contribution is 2.11. The van der Waals surface area contributed by atoms with Crippen molar-refractivity contribution in [1.29, 1.82) is 0 Å². The van der Waals surface area contributed by atoms with Crippen molar-refractivity contribution in [3.63, 3.8) is 0 Å². The highest BCUT2D eigenvalue weighted by molar-refractivity contribution is 5.98. The number of halogens is 2. The minimum absolute atomic E-state index is 0.308. The Bertz CT molecular complexity index is 411. The lowest BCUT2D eigenvalue weighted by Crippen LogP contribution is -2.23. The minimum atomic E-state index is -1.88. The maximum Gasteiger partial charge on any atom is 0.332 e. The molecule has 0 fully saturated rings. The molecular formula is C10H8F2O4. The van der Waals surface area contributed by atoms with Gasteiger partial charge in [-0.3, -0.25) is 4.79 Å². The molecule has 0 radical (unpaired) electrons. The maximum atomic E-state index is 12.7. The Morgan fingerprint density at radius 3 is 2.12 bits per heavy atom. The van der Waals surface area contributed by atoms with E-state index in [4.69, 9.17) is 10.2 Å². The highest BCUT2D eigenvalue weighted by Gasteiger charge is 2.19. The fourth-order valence-corrected chi connectivity index (χ4v) is 1.10. The molecule has 0 aliphatic heterocycles. The number of rotatable bonds is 4. The van der Waals surface area contributed by atoms with Crippen molar-refractivity contribution < 1.29 is 28.6 Å². The van der Waals surface area contributed by atoms with E-state index < -0.39 is 35.9 Å². The second kappa shape index (κ2) is 4.80. The number of carbonyl (C=O) groups is 2. The van der Waals surface area contributed by atoms with Gasteiger partial charge in [-0.25, -0.2) is 13.6 Å².